The fraction of sp³-hybridized carbons (Fsp3) is 0.625. The Hall–Kier alpha value is -1.03. The minimum Gasteiger partial charge on any atom is -0.465 e. The molecule has 0 unspecified atom stereocenters. The Morgan fingerprint density at radius 3 is 2.33 bits per heavy atom. The maximum atomic E-state index is 10.5. The monoisotopic (exact) mass is 171 g/mol. The summed E-state index contributed by atoms with van der Waals surface area (Å²) in [7, 11) is 0. The van der Waals surface area contributed by atoms with Crippen LogP contribution in [0.15, 0.2) is 12.7 Å². The molecule has 0 aliphatic carbocycles. The lowest BCUT2D eigenvalue weighted by molar-refractivity contribution is 0.0224. The minimum absolute atomic E-state index is 0.387. The van der Waals surface area contributed by atoms with Gasteiger partial charge >= 0.3 is 6.09 Å². The van der Waals surface area contributed by atoms with Gasteiger partial charge < -0.3 is 15.1 Å². The summed E-state index contributed by atoms with van der Waals surface area (Å²) in [4.78, 5) is 11.8. The van der Waals surface area contributed by atoms with Crippen LogP contribution in [0.4, 0.5) is 4.79 Å². The molecule has 0 bridgehead atoms. The first-order valence-electron chi connectivity index (χ1n) is 3.91. The molecule has 0 spiro atoms. The van der Waals surface area contributed by atoms with Crippen molar-refractivity contribution < 1.29 is 15.0 Å². The number of hydrogen-bond donors (Lipinski definition) is 2. The Kier molecular flexibility index (Phi) is 2.38. The van der Waals surface area contributed by atoms with Crippen LogP contribution in [0.3, 0.4) is 0 Å². The van der Waals surface area contributed by atoms with E-state index in [1.165, 1.54) is 11.0 Å². The van der Waals surface area contributed by atoms with Crippen LogP contribution in [0.5, 0.6) is 0 Å². The van der Waals surface area contributed by atoms with E-state index in [0.29, 0.717) is 25.9 Å². The molecule has 1 rings (SSSR count). The van der Waals surface area contributed by atoms with Crippen LogP contribution >= 0.6 is 0 Å². The van der Waals surface area contributed by atoms with E-state index in [1.807, 2.05) is 0 Å². The van der Waals surface area contributed by atoms with Gasteiger partial charge in [0.1, 0.15) is 0 Å². The quantitative estimate of drug-likeness (QED) is 0.570. The molecular weight excluding hydrogens is 158 g/mol. The van der Waals surface area contributed by atoms with Gasteiger partial charge in [0.25, 0.3) is 0 Å². The van der Waals surface area contributed by atoms with Crippen LogP contribution in [-0.4, -0.2) is 39.9 Å². The zero-order valence-corrected chi connectivity index (χ0v) is 6.86. The highest BCUT2D eigenvalue weighted by Crippen LogP contribution is 2.22. The van der Waals surface area contributed by atoms with Crippen molar-refractivity contribution in [3.63, 3.8) is 0 Å². The van der Waals surface area contributed by atoms with Gasteiger partial charge in [0, 0.05) is 13.1 Å². The second-order valence-corrected chi connectivity index (χ2v) is 3.08. The van der Waals surface area contributed by atoms with Gasteiger partial charge in [-0.25, -0.2) is 4.79 Å². The average Bonchev–Trinajstić information content (AvgIpc) is 2.05. The number of carbonyl (C=O) groups is 1. The fourth-order valence-corrected chi connectivity index (χ4v) is 1.29. The maximum Gasteiger partial charge on any atom is 0.407 e. The van der Waals surface area contributed by atoms with Crippen molar-refractivity contribution in [1.82, 2.24) is 4.90 Å². The van der Waals surface area contributed by atoms with Gasteiger partial charge in [-0.15, -0.1) is 6.58 Å². The summed E-state index contributed by atoms with van der Waals surface area (Å²) in [6.07, 6.45) is 1.47. The highest BCUT2D eigenvalue weighted by Gasteiger charge is 2.30. The summed E-state index contributed by atoms with van der Waals surface area (Å²) in [6, 6.07) is 0. The van der Waals surface area contributed by atoms with Gasteiger partial charge in [-0.05, 0) is 12.8 Å². The second-order valence-electron chi connectivity index (χ2n) is 3.08. The first-order valence-corrected chi connectivity index (χ1v) is 3.91. The summed E-state index contributed by atoms with van der Waals surface area (Å²) in [6.45, 7) is 4.28. The second kappa shape index (κ2) is 3.15. The Bertz CT molecular complexity index is 194. The Morgan fingerprint density at radius 1 is 1.50 bits per heavy atom. The number of amides is 1. The van der Waals surface area contributed by atoms with Gasteiger partial charge in [-0.2, -0.15) is 0 Å². The zero-order valence-electron chi connectivity index (χ0n) is 6.86. The number of aliphatic hydroxyl groups is 1. The smallest absolute Gasteiger partial charge is 0.407 e. The van der Waals surface area contributed by atoms with Crippen LogP contribution < -0.4 is 0 Å². The molecule has 0 aromatic heterocycles. The molecule has 1 amide bonds. The molecule has 4 nitrogen and oxygen atoms in total. The van der Waals surface area contributed by atoms with Crippen LogP contribution in [0.1, 0.15) is 12.8 Å². The molecule has 0 saturated carbocycles. The number of rotatable bonds is 1. The van der Waals surface area contributed by atoms with Crippen LogP contribution in [0.2, 0.25) is 0 Å². The fourth-order valence-electron chi connectivity index (χ4n) is 1.29. The van der Waals surface area contributed by atoms with Gasteiger partial charge in [-0.3, -0.25) is 0 Å². The third-order valence-electron chi connectivity index (χ3n) is 2.28. The van der Waals surface area contributed by atoms with E-state index < -0.39 is 11.7 Å². The SMILES string of the molecule is C=CC1(O)CCN(C(=O)O)CC1. The van der Waals surface area contributed by atoms with E-state index in [4.69, 9.17) is 5.11 Å². The van der Waals surface area contributed by atoms with Crippen molar-refractivity contribution in [2.45, 2.75) is 18.4 Å². The topological polar surface area (TPSA) is 60.8 Å². The number of hydrogen-bond acceptors (Lipinski definition) is 2. The summed E-state index contributed by atoms with van der Waals surface area (Å²) in [5.41, 5.74) is -0.855. The minimum atomic E-state index is -0.916. The molecule has 0 atom stereocenters. The van der Waals surface area contributed by atoms with Gasteiger partial charge in [0.2, 0.25) is 0 Å². The number of carboxylic acid groups (broad SMARTS) is 1. The van der Waals surface area contributed by atoms with E-state index in [0.717, 1.165) is 0 Å². The number of likely N-dealkylation sites (tertiary alicyclic amines) is 1. The van der Waals surface area contributed by atoms with E-state index in [9.17, 15) is 9.90 Å². The predicted octanol–water partition coefficient (Wildman–Crippen LogP) is 0.677. The number of nitrogens with zero attached hydrogens (tertiary/aromatic N) is 1. The van der Waals surface area contributed by atoms with E-state index in [1.54, 1.807) is 0 Å². The molecule has 0 radical (unpaired) electrons. The Labute approximate surface area is 71.1 Å². The first-order chi connectivity index (χ1) is 5.57. The molecule has 0 aromatic carbocycles. The molecule has 1 saturated heterocycles. The summed E-state index contributed by atoms with van der Waals surface area (Å²) < 4.78 is 0. The molecule has 1 fully saturated rings. The van der Waals surface area contributed by atoms with Crippen molar-refractivity contribution in [3.8, 4) is 0 Å². The lowest BCUT2D eigenvalue weighted by Gasteiger charge is -2.34. The summed E-state index contributed by atoms with van der Waals surface area (Å²) in [5.74, 6) is 0. The van der Waals surface area contributed by atoms with Crippen molar-refractivity contribution >= 4 is 6.09 Å². The Balaban J connectivity index is 2.49. The molecule has 1 heterocycles. The van der Waals surface area contributed by atoms with E-state index in [-0.39, 0.29) is 0 Å². The molecular formula is C8H13NO3. The van der Waals surface area contributed by atoms with Crippen molar-refractivity contribution in [1.29, 1.82) is 0 Å². The predicted molar refractivity (Wildman–Crippen MR) is 44.0 cm³/mol. The van der Waals surface area contributed by atoms with Gasteiger partial charge in [-0.1, -0.05) is 6.08 Å². The summed E-state index contributed by atoms with van der Waals surface area (Å²) >= 11 is 0. The van der Waals surface area contributed by atoms with Crippen molar-refractivity contribution in [2.24, 2.45) is 0 Å². The number of piperidine rings is 1. The lowest BCUT2D eigenvalue weighted by atomic mass is 9.92. The van der Waals surface area contributed by atoms with E-state index in [2.05, 4.69) is 6.58 Å². The molecule has 4 heteroatoms. The van der Waals surface area contributed by atoms with Crippen LogP contribution in [0.25, 0.3) is 0 Å². The van der Waals surface area contributed by atoms with Gasteiger partial charge in [0.15, 0.2) is 0 Å². The molecule has 12 heavy (non-hydrogen) atoms. The molecule has 0 aromatic rings. The Morgan fingerprint density at radius 2 is 2.00 bits per heavy atom. The van der Waals surface area contributed by atoms with Crippen LogP contribution in [0, 0.1) is 0 Å². The highest BCUT2D eigenvalue weighted by molar-refractivity contribution is 5.65. The molecule has 1 aliphatic rings. The van der Waals surface area contributed by atoms with Gasteiger partial charge in [0.05, 0.1) is 5.60 Å². The zero-order chi connectivity index (χ0) is 9.19. The summed E-state index contributed by atoms with van der Waals surface area (Å²) in [5, 5.41) is 18.2. The largest absolute Gasteiger partial charge is 0.465 e. The lowest BCUT2D eigenvalue weighted by Crippen LogP contribution is -2.45. The average molecular weight is 171 g/mol. The highest BCUT2D eigenvalue weighted by atomic mass is 16.4. The maximum absolute atomic E-state index is 10.5. The molecule has 68 valence electrons. The third kappa shape index (κ3) is 1.76. The third-order valence-corrected chi connectivity index (χ3v) is 2.28. The van der Waals surface area contributed by atoms with Crippen molar-refractivity contribution in [3.05, 3.63) is 12.7 Å². The van der Waals surface area contributed by atoms with E-state index >= 15 is 0 Å². The molecule has 1 aliphatic heterocycles. The normalized spacial score (nSPS) is 21.9. The van der Waals surface area contributed by atoms with Crippen LogP contribution in [-0.2, 0) is 0 Å². The molecule has 2 N–H and O–H groups in total. The van der Waals surface area contributed by atoms with Crippen molar-refractivity contribution in [2.75, 3.05) is 13.1 Å². The first kappa shape index (κ1) is 9.06. The standard InChI is InChI=1S/C8H13NO3/c1-2-8(12)3-5-9(6-4-8)7(10)11/h2,12H,1,3-6H2,(H,10,11).